The molecule has 2 aromatic rings. The van der Waals surface area contributed by atoms with Crippen molar-refractivity contribution in [1.29, 1.82) is 0 Å². The molecule has 0 fully saturated rings. The molecule has 0 aromatic heterocycles. The van der Waals surface area contributed by atoms with E-state index in [0.29, 0.717) is 0 Å². The second-order valence-electron chi connectivity index (χ2n) is 5.66. The number of nitro groups is 1. The summed E-state index contributed by atoms with van der Waals surface area (Å²) in [4.78, 5) is 47.4. The van der Waals surface area contributed by atoms with Gasteiger partial charge < -0.3 is 4.74 Å². The minimum atomic E-state index is -0.879. The van der Waals surface area contributed by atoms with E-state index in [9.17, 15) is 28.9 Å². The highest BCUT2D eigenvalue weighted by molar-refractivity contribution is 6.03. The van der Waals surface area contributed by atoms with Crippen LogP contribution in [0.5, 0.6) is 5.75 Å². The van der Waals surface area contributed by atoms with Crippen molar-refractivity contribution < 1.29 is 28.4 Å². The van der Waals surface area contributed by atoms with Gasteiger partial charge in [-0.1, -0.05) is 12.1 Å². The summed E-state index contributed by atoms with van der Waals surface area (Å²) in [5.41, 5.74) is 3.61. The molecular formula is C17H13FN4O6. The second-order valence-corrected chi connectivity index (χ2v) is 5.66. The molecule has 10 nitrogen and oxygen atoms in total. The Balaban J connectivity index is 1.69. The number of ether oxygens (including phenoxy) is 1. The second kappa shape index (κ2) is 7.70. The molecule has 0 saturated heterocycles. The molecule has 144 valence electrons. The van der Waals surface area contributed by atoms with Gasteiger partial charge in [0.15, 0.2) is 6.61 Å². The van der Waals surface area contributed by atoms with Gasteiger partial charge in [0.25, 0.3) is 23.4 Å². The van der Waals surface area contributed by atoms with Gasteiger partial charge in [-0.05, 0) is 18.2 Å². The van der Waals surface area contributed by atoms with Crippen LogP contribution in [-0.4, -0.2) is 35.8 Å². The van der Waals surface area contributed by atoms with E-state index in [2.05, 4.69) is 5.43 Å². The third kappa shape index (κ3) is 3.87. The van der Waals surface area contributed by atoms with Crippen LogP contribution in [0.1, 0.15) is 10.4 Å². The first-order chi connectivity index (χ1) is 13.4. The Bertz CT molecular complexity index is 980. The summed E-state index contributed by atoms with van der Waals surface area (Å²) >= 11 is 0. The average Bonchev–Trinajstić information content (AvgIpc) is 2.68. The Hall–Kier alpha value is -4.02. The third-order valence-corrected chi connectivity index (χ3v) is 3.83. The number of nitrogens with zero attached hydrogens (tertiary/aromatic N) is 2. The SMILES string of the molecule is O=C(CN1C(=O)COc2ccc([N+](=O)[O-])cc21)NNC(=O)c1ccccc1F. The van der Waals surface area contributed by atoms with Gasteiger partial charge in [0.2, 0.25) is 0 Å². The maximum absolute atomic E-state index is 13.6. The van der Waals surface area contributed by atoms with Crippen LogP contribution in [-0.2, 0) is 9.59 Å². The molecule has 0 bridgehead atoms. The van der Waals surface area contributed by atoms with Crippen molar-refractivity contribution in [2.75, 3.05) is 18.1 Å². The number of carbonyl (C=O) groups excluding carboxylic acids is 3. The molecule has 0 aliphatic carbocycles. The molecule has 1 aliphatic heterocycles. The monoisotopic (exact) mass is 388 g/mol. The fourth-order valence-electron chi connectivity index (χ4n) is 2.50. The summed E-state index contributed by atoms with van der Waals surface area (Å²) in [6.45, 7) is -0.881. The van der Waals surface area contributed by atoms with Gasteiger partial charge in [0.1, 0.15) is 18.1 Å². The first-order valence-electron chi connectivity index (χ1n) is 7.92. The lowest BCUT2D eigenvalue weighted by Crippen LogP contribution is -2.49. The summed E-state index contributed by atoms with van der Waals surface area (Å²) in [6, 6.07) is 8.83. The third-order valence-electron chi connectivity index (χ3n) is 3.83. The number of nitrogens with one attached hydrogen (secondary N) is 2. The molecule has 0 atom stereocenters. The Kier molecular flexibility index (Phi) is 5.16. The molecule has 11 heteroatoms. The van der Waals surface area contributed by atoms with E-state index in [4.69, 9.17) is 4.74 Å². The largest absolute Gasteiger partial charge is 0.482 e. The molecule has 0 radical (unpaired) electrons. The molecule has 2 aromatic carbocycles. The summed E-state index contributed by atoms with van der Waals surface area (Å²) in [7, 11) is 0. The number of hydrazine groups is 1. The number of hydrogen-bond acceptors (Lipinski definition) is 6. The van der Waals surface area contributed by atoms with Crippen LogP contribution in [0.3, 0.4) is 0 Å². The zero-order valence-corrected chi connectivity index (χ0v) is 14.2. The van der Waals surface area contributed by atoms with E-state index >= 15 is 0 Å². The predicted octanol–water partition coefficient (Wildman–Crippen LogP) is 0.920. The Morgan fingerprint density at radius 3 is 2.68 bits per heavy atom. The number of non-ortho nitro benzene ring substituents is 1. The lowest BCUT2D eigenvalue weighted by Gasteiger charge is -2.28. The normalized spacial score (nSPS) is 12.6. The van der Waals surface area contributed by atoms with E-state index in [1.165, 1.54) is 30.3 Å². The van der Waals surface area contributed by atoms with Gasteiger partial charge >= 0.3 is 0 Å². The van der Waals surface area contributed by atoms with Crippen molar-refractivity contribution in [2.45, 2.75) is 0 Å². The standard InChI is InChI=1S/C17H13FN4O6/c18-12-4-2-1-3-11(12)17(25)20-19-15(23)8-21-13-7-10(22(26)27)5-6-14(13)28-9-16(21)24/h1-7H,8-9H2,(H,19,23)(H,20,25). The fraction of sp³-hybridized carbons (Fsp3) is 0.118. The minimum Gasteiger partial charge on any atom is -0.482 e. The first-order valence-corrected chi connectivity index (χ1v) is 7.92. The number of carbonyl (C=O) groups is 3. The van der Waals surface area contributed by atoms with E-state index in [1.54, 1.807) is 0 Å². The van der Waals surface area contributed by atoms with E-state index in [0.717, 1.165) is 17.0 Å². The van der Waals surface area contributed by atoms with Crippen molar-refractivity contribution in [2.24, 2.45) is 0 Å². The minimum absolute atomic E-state index is 0.0565. The Morgan fingerprint density at radius 2 is 1.96 bits per heavy atom. The van der Waals surface area contributed by atoms with Crippen LogP contribution >= 0.6 is 0 Å². The number of halogens is 1. The summed E-state index contributed by atoms with van der Waals surface area (Å²) in [5, 5.41) is 10.9. The number of fused-ring (bicyclic) bond motifs is 1. The van der Waals surface area contributed by atoms with Crippen LogP contribution in [0.25, 0.3) is 0 Å². The lowest BCUT2D eigenvalue weighted by molar-refractivity contribution is -0.384. The fourth-order valence-corrected chi connectivity index (χ4v) is 2.50. The van der Waals surface area contributed by atoms with Gasteiger partial charge in [-0.3, -0.25) is 40.2 Å². The van der Waals surface area contributed by atoms with Gasteiger partial charge in [-0.2, -0.15) is 0 Å². The first kappa shape index (κ1) is 18.8. The van der Waals surface area contributed by atoms with Crippen LogP contribution in [0.2, 0.25) is 0 Å². The van der Waals surface area contributed by atoms with Crippen LogP contribution in [0.4, 0.5) is 15.8 Å². The molecule has 1 heterocycles. The molecule has 2 N–H and O–H groups in total. The van der Waals surface area contributed by atoms with E-state index in [-0.39, 0.29) is 29.3 Å². The van der Waals surface area contributed by atoms with Gasteiger partial charge in [0, 0.05) is 12.1 Å². The van der Waals surface area contributed by atoms with Gasteiger partial charge in [-0.25, -0.2) is 4.39 Å². The smallest absolute Gasteiger partial charge is 0.272 e. The molecule has 0 saturated carbocycles. The topological polar surface area (TPSA) is 131 Å². The number of rotatable bonds is 4. The summed E-state index contributed by atoms with van der Waals surface area (Å²) in [6.07, 6.45) is 0. The maximum atomic E-state index is 13.6. The number of amides is 3. The van der Waals surface area contributed by atoms with E-state index in [1.807, 2.05) is 5.43 Å². The van der Waals surface area contributed by atoms with Crippen molar-refractivity contribution in [3.63, 3.8) is 0 Å². The van der Waals surface area contributed by atoms with Crippen molar-refractivity contribution >= 4 is 29.1 Å². The molecule has 0 unspecified atom stereocenters. The number of benzene rings is 2. The van der Waals surface area contributed by atoms with Crippen LogP contribution in [0.15, 0.2) is 42.5 Å². The van der Waals surface area contributed by atoms with Crippen molar-refractivity contribution in [3.8, 4) is 5.75 Å². The lowest BCUT2D eigenvalue weighted by atomic mass is 10.2. The molecule has 1 aliphatic rings. The maximum Gasteiger partial charge on any atom is 0.272 e. The quantitative estimate of drug-likeness (QED) is 0.592. The predicted molar refractivity (Wildman–Crippen MR) is 93.0 cm³/mol. The number of nitro benzene ring substituents is 1. The van der Waals surface area contributed by atoms with Crippen molar-refractivity contribution in [3.05, 3.63) is 64.0 Å². The zero-order chi connectivity index (χ0) is 20.3. The Labute approximate surface area is 157 Å². The highest BCUT2D eigenvalue weighted by Crippen LogP contribution is 2.35. The molecular weight excluding hydrogens is 375 g/mol. The molecule has 28 heavy (non-hydrogen) atoms. The number of hydrogen-bond donors (Lipinski definition) is 2. The highest BCUT2D eigenvalue weighted by Gasteiger charge is 2.29. The zero-order valence-electron chi connectivity index (χ0n) is 14.2. The summed E-state index contributed by atoms with van der Waals surface area (Å²) in [5.74, 6) is -2.83. The van der Waals surface area contributed by atoms with Gasteiger partial charge in [0.05, 0.1) is 16.2 Å². The van der Waals surface area contributed by atoms with Crippen molar-refractivity contribution in [1.82, 2.24) is 10.9 Å². The average molecular weight is 388 g/mol. The van der Waals surface area contributed by atoms with Crippen LogP contribution in [0, 0.1) is 15.9 Å². The summed E-state index contributed by atoms with van der Waals surface area (Å²) < 4.78 is 18.8. The highest BCUT2D eigenvalue weighted by atomic mass is 19.1. The Morgan fingerprint density at radius 1 is 1.21 bits per heavy atom. The van der Waals surface area contributed by atoms with Crippen LogP contribution < -0.4 is 20.5 Å². The molecule has 0 spiro atoms. The molecule has 3 amide bonds. The van der Waals surface area contributed by atoms with E-state index < -0.39 is 35.0 Å². The molecule has 3 rings (SSSR count). The number of anilines is 1. The van der Waals surface area contributed by atoms with Gasteiger partial charge in [-0.15, -0.1) is 0 Å².